The van der Waals surface area contributed by atoms with E-state index >= 15 is 0 Å². The summed E-state index contributed by atoms with van der Waals surface area (Å²) in [5.74, 6) is -0.124. The Hall–Kier alpha value is -3.63. The second kappa shape index (κ2) is 7.77. The van der Waals surface area contributed by atoms with E-state index in [1.807, 2.05) is 0 Å². The molecule has 11 heteroatoms. The van der Waals surface area contributed by atoms with Crippen LogP contribution in [0.4, 0.5) is 25.8 Å². The summed E-state index contributed by atoms with van der Waals surface area (Å²) in [5.41, 5.74) is 1.46. The van der Waals surface area contributed by atoms with Crippen LogP contribution in [-0.4, -0.2) is 22.7 Å². The molecule has 0 saturated carbocycles. The first kappa shape index (κ1) is 17.7. The largest absolute Gasteiger partial charge is 0.434 e. The lowest BCUT2D eigenvalue weighted by molar-refractivity contribution is -0.393. The monoisotopic (exact) mass is 352 g/mol. The minimum Gasteiger partial charge on any atom is -0.434 e. The normalized spacial score (nSPS) is 10.8. The van der Waals surface area contributed by atoms with Crippen LogP contribution in [0.3, 0.4) is 0 Å². The number of hydrogen-bond donors (Lipinski definition) is 1. The van der Waals surface area contributed by atoms with Crippen molar-refractivity contribution in [1.82, 2.24) is 0 Å². The lowest BCUT2D eigenvalue weighted by Gasteiger charge is -2.07. The number of nitrogens with one attached hydrogen (secondary N) is 1. The van der Waals surface area contributed by atoms with E-state index < -0.39 is 27.8 Å². The first-order valence-electron chi connectivity index (χ1n) is 6.64. The van der Waals surface area contributed by atoms with E-state index in [1.165, 1.54) is 18.2 Å². The molecule has 0 aromatic heterocycles. The quantitative estimate of drug-likeness (QED) is 0.462. The zero-order valence-electron chi connectivity index (χ0n) is 12.3. The lowest BCUT2D eigenvalue weighted by atomic mass is 10.2. The molecule has 0 bridgehead atoms. The van der Waals surface area contributed by atoms with Gasteiger partial charge >= 0.3 is 12.3 Å². The Bertz CT molecular complexity index is 829. The topological polar surface area (TPSA) is 120 Å². The number of hydrogen-bond acceptors (Lipinski definition) is 7. The number of alkyl halides is 2. The number of non-ortho nitro benzene ring substituents is 1. The van der Waals surface area contributed by atoms with E-state index in [2.05, 4.69) is 15.3 Å². The van der Waals surface area contributed by atoms with Crippen molar-refractivity contribution < 1.29 is 23.4 Å². The van der Waals surface area contributed by atoms with Gasteiger partial charge in [-0.2, -0.15) is 13.9 Å². The fourth-order valence-electron chi connectivity index (χ4n) is 1.84. The highest BCUT2D eigenvalue weighted by Gasteiger charge is 2.19. The number of ether oxygens (including phenoxy) is 1. The molecule has 2 aromatic carbocycles. The number of nitrogens with zero attached hydrogens (tertiary/aromatic N) is 3. The molecule has 0 aliphatic rings. The van der Waals surface area contributed by atoms with E-state index in [-0.39, 0.29) is 17.0 Å². The standard InChI is InChI=1S/C14H10F2N4O5/c15-14(16)25-13-4-2-1-3-9(13)8-17-18-11-6-5-10(19(21)22)7-12(11)20(23)24/h1-8,14,18H/b17-8-. The Morgan fingerprint density at radius 1 is 1.12 bits per heavy atom. The summed E-state index contributed by atoms with van der Waals surface area (Å²) < 4.78 is 29.0. The predicted molar refractivity (Wildman–Crippen MR) is 84.0 cm³/mol. The number of hydrazone groups is 1. The SMILES string of the molecule is O=[N+]([O-])c1ccc(N/N=C\c2ccccc2OC(F)F)c([N+](=O)[O-])c1. The van der Waals surface area contributed by atoms with Crippen molar-refractivity contribution in [3.8, 4) is 5.75 Å². The van der Waals surface area contributed by atoms with Gasteiger partial charge in [0.15, 0.2) is 0 Å². The third kappa shape index (κ3) is 4.67. The van der Waals surface area contributed by atoms with Crippen molar-refractivity contribution >= 4 is 23.3 Å². The third-order valence-electron chi connectivity index (χ3n) is 2.91. The molecule has 0 spiro atoms. The average Bonchev–Trinajstić information content (AvgIpc) is 2.55. The van der Waals surface area contributed by atoms with Crippen molar-refractivity contribution in [3.63, 3.8) is 0 Å². The van der Waals surface area contributed by atoms with Gasteiger partial charge in [-0.15, -0.1) is 0 Å². The van der Waals surface area contributed by atoms with Crippen molar-refractivity contribution in [1.29, 1.82) is 0 Å². The van der Waals surface area contributed by atoms with Gasteiger partial charge in [0.2, 0.25) is 0 Å². The van der Waals surface area contributed by atoms with Crippen molar-refractivity contribution in [3.05, 3.63) is 68.3 Å². The molecule has 0 atom stereocenters. The van der Waals surface area contributed by atoms with Gasteiger partial charge in [-0.05, 0) is 18.2 Å². The Morgan fingerprint density at radius 2 is 1.84 bits per heavy atom. The first-order chi connectivity index (χ1) is 11.9. The summed E-state index contributed by atoms with van der Waals surface area (Å²) in [4.78, 5) is 20.1. The van der Waals surface area contributed by atoms with Crippen LogP contribution in [0.1, 0.15) is 5.56 Å². The Morgan fingerprint density at radius 3 is 2.48 bits per heavy atom. The Balaban J connectivity index is 2.23. The van der Waals surface area contributed by atoms with Gasteiger partial charge in [0, 0.05) is 11.6 Å². The molecule has 0 aliphatic carbocycles. The number of benzene rings is 2. The number of nitro benzene ring substituents is 2. The smallest absolute Gasteiger partial charge is 0.387 e. The van der Waals surface area contributed by atoms with Crippen LogP contribution in [0.2, 0.25) is 0 Å². The average molecular weight is 352 g/mol. The molecule has 9 nitrogen and oxygen atoms in total. The molecular formula is C14H10F2N4O5. The van der Waals surface area contributed by atoms with Gasteiger partial charge < -0.3 is 4.74 Å². The van der Waals surface area contributed by atoms with E-state index in [0.717, 1.165) is 24.4 Å². The fraction of sp³-hybridized carbons (Fsp3) is 0.0714. The first-order valence-corrected chi connectivity index (χ1v) is 6.64. The fourth-order valence-corrected chi connectivity index (χ4v) is 1.84. The second-order valence-corrected chi connectivity index (χ2v) is 4.50. The summed E-state index contributed by atoms with van der Waals surface area (Å²) in [6, 6.07) is 8.78. The number of para-hydroxylation sites is 1. The van der Waals surface area contributed by atoms with Crippen LogP contribution in [-0.2, 0) is 0 Å². The van der Waals surface area contributed by atoms with Gasteiger partial charge in [0.25, 0.3) is 5.69 Å². The highest BCUT2D eigenvalue weighted by molar-refractivity contribution is 5.84. The molecule has 25 heavy (non-hydrogen) atoms. The van der Waals surface area contributed by atoms with E-state index in [0.29, 0.717) is 0 Å². The molecule has 0 amide bonds. The van der Waals surface area contributed by atoms with Crippen molar-refractivity contribution in [2.75, 3.05) is 5.43 Å². The summed E-state index contributed by atoms with van der Waals surface area (Å²) in [6.45, 7) is -3.02. The van der Waals surface area contributed by atoms with E-state index in [1.54, 1.807) is 6.07 Å². The molecule has 0 saturated heterocycles. The number of rotatable bonds is 7. The summed E-state index contributed by atoms with van der Waals surface area (Å²) in [5, 5.41) is 25.4. The van der Waals surface area contributed by atoms with Crippen molar-refractivity contribution in [2.45, 2.75) is 6.61 Å². The molecular weight excluding hydrogens is 342 g/mol. The Kier molecular flexibility index (Phi) is 5.50. The lowest BCUT2D eigenvalue weighted by Crippen LogP contribution is -2.04. The molecule has 0 radical (unpaired) electrons. The molecule has 1 N–H and O–H groups in total. The van der Waals surface area contributed by atoms with Gasteiger partial charge in [-0.25, -0.2) is 0 Å². The molecule has 0 fully saturated rings. The Labute approximate surface area is 138 Å². The van der Waals surface area contributed by atoms with Gasteiger partial charge in [-0.3, -0.25) is 25.7 Å². The zero-order valence-corrected chi connectivity index (χ0v) is 12.3. The van der Waals surface area contributed by atoms with Crippen LogP contribution >= 0.6 is 0 Å². The maximum absolute atomic E-state index is 12.3. The maximum Gasteiger partial charge on any atom is 0.387 e. The maximum atomic E-state index is 12.3. The van der Waals surface area contributed by atoms with E-state index in [9.17, 15) is 29.0 Å². The van der Waals surface area contributed by atoms with Crippen LogP contribution < -0.4 is 10.2 Å². The molecule has 0 unspecified atom stereocenters. The number of anilines is 1. The second-order valence-electron chi connectivity index (χ2n) is 4.50. The summed E-state index contributed by atoms with van der Waals surface area (Å²) in [7, 11) is 0. The van der Waals surface area contributed by atoms with Gasteiger partial charge in [-0.1, -0.05) is 12.1 Å². The molecule has 2 aromatic rings. The highest BCUT2D eigenvalue weighted by atomic mass is 19.3. The minimum absolute atomic E-state index is 0.0980. The van der Waals surface area contributed by atoms with Crippen LogP contribution in [0.15, 0.2) is 47.6 Å². The minimum atomic E-state index is -3.02. The number of halogens is 2. The van der Waals surface area contributed by atoms with Crippen LogP contribution in [0.5, 0.6) is 5.75 Å². The van der Waals surface area contributed by atoms with Crippen molar-refractivity contribution in [2.24, 2.45) is 5.10 Å². The number of nitro groups is 2. The molecule has 0 heterocycles. The van der Waals surface area contributed by atoms with Gasteiger partial charge in [0.1, 0.15) is 11.4 Å². The van der Waals surface area contributed by atoms with Crippen LogP contribution in [0.25, 0.3) is 0 Å². The predicted octanol–water partition coefficient (Wildman–Crippen LogP) is 3.55. The summed E-state index contributed by atoms with van der Waals surface area (Å²) in [6.07, 6.45) is 1.13. The zero-order chi connectivity index (χ0) is 18.4. The summed E-state index contributed by atoms with van der Waals surface area (Å²) >= 11 is 0. The molecule has 2 rings (SSSR count). The molecule has 0 aliphatic heterocycles. The van der Waals surface area contributed by atoms with Crippen LogP contribution in [0, 0.1) is 20.2 Å². The molecule has 130 valence electrons. The highest BCUT2D eigenvalue weighted by Crippen LogP contribution is 2.29. The van der Waals surface area contributed by atoms with Gasteiger partial charge in [0.05, 0.1) is 22.1 Å². The van der Waals surface area contributed by atoms with E-state index in [4.69, 9.17) is 0 Å². The third-order valence-corrected chi connectivity index (χ3v) is 2.91.